The van der Waals surface area contributed by atoms with Gasteiger partial charge in [-0.2, -0.15) is 0 Å². The van der Waals surface area contributed by atoms with Crippen molar-refractivity contribution in [3.63, 3.8) is 0 Å². The van der Waals surface area contributed by atoms with Gasteiger partial charge in [-0.3, -0.25) is 9.69 Å². The van der Waals surface area contributed by atoms with E-state index in [-0.39, 0.29) is 23.5 Å². The van der Waals surface area contributed by atoms with Crippen molar-refractivity contribution in [1.82, 2.24) is 9.80 Å². The Hall–Kier alpha value is -0.650. The number of hydrogen-bond acceptors (Lipinski definition) is 4. The number of fused-ring (bicyclic) bond motifs is 1. The van der Waals surface area contributed by atoms with Crippen molar-refractivity contribution >= 4 is 5.91 Å². The first-order chi connectivity index (χ1) is 10.5. The third-order valence-electron chi connectivity index (χ3n) is 5.80. The Kier molecular flexibility index (Phi) is 4.76. The van der Waals surface area contributed by atoms with Crippen LogP contribution in [-0.4, -0.2) is 66.7 Å². The second-order valence-corrected chi connectivity index (χ2v) is 7.94. The molecular formula is C17H31N3O2. The van der Waals surface area contributed by atoms with E-state index in [0.717, 1.165) is 38.9 Å². The van der Waals surface area contributed by atoms with Crippen LogP contribution < -0.4 is 5.73 Å². The molecule has 2 aliphatic heterocycles. The van der Waals surface area contributed by atoms with Crippen LogP contribution in [0.3, 0.4) is 0 Å². The number of rotatable bonds is 2. The molecular weight excluding hydrogens is 278 g/mol. The van der Waals surface area contributed by atoms with E-state index < -0.39 is 0 Å². The molecule has 5 nitrogen and oxygen atoms in total. The summed E-state index contributed by atoms with van der Waals surface area (Å²) in [5.74, 6) is 0.284. The van der Waals surface area contributed by atoms with E-state index in [2.05, 4.69) is 23.6 Å². The maximum absolute atomic E-state index is 12.8. The summed E-state index contributed by atoms with van der Waals surface area (Å²) in [5, 5.41) is 0. The molecule has 2 N–H and O–H groups in total. The molecule has 1 amide bonds. The molecule has 2 saturated heterocycles. The average Bonchev–Trinajstić information content (AvgIpc) is 2.50. The first-order valence-corrected chi connectivity index (χ1v) is 8.86. The SMILES string of the molecule is CC1(C)CN(CC(=O)N2CCOC3CCCCC32)CCC1N. The molecule has 1 aliphatic carbocycles. The van der Waals surface area contributed by atoms with E-state index in [4.69, 9.17) is 10.5 Å². The standard InChI is InChI=1S/C17H31N3O2/c1-17(2)12-19(8-7-15(17)18)11-16(21)20-9-10-22-14-6-4-3-5-13(14)20/h13-15H,3-12,18H2,1-2H3. The second-order valence-electron chi connectivity index (χ2n) is 7.94. The molecule has 0 aromatic heterocycles. The van der Waals surface area contributed by atoms with Crippen LogP contribution in [0.5, 0.6) is 0 Å². The zero-order valence-corrected chi connectivity index (χ0v) is 14.1. The third-order valence-corrected chi connectivity index (χ3v) is 5.80. The lowest BCUT2D eigenvalue weighted by Gasteiger charge is -2.46. The van der Waals surface area contributed by atoms with Crippen LogP contribution in [0.4, 0.5) is 0 Å². The van der Waals surface area contributed by atoms with Crippen LogP contribution in [0, 0.1) is 5.41 Å². The zero-order valence-electron chi connectivity index (χ0n) is 14.1. The lowest BCUT2D eigenvalue weighted by molar-refractivity contribution is -0.151. The fraction of sp³-hybridized carbons (Fsp3) is 0.941. The number of ether oxygens (including phenoxy) is 1. The third kappa shape index (κ3) is 3.31. The molecule has 3 aliphatic rings. The molecule has 3 fully saturated rings. The lowest BCUT2D eigenvalue weighted by Crippen LogP contribution is -2.59. The summed E-state index contributed by atoms with van der Waals surface area (Å²) < 4.78 is 5.88. The van der Waals surface area contributed by atoms with E-state index in [1.165, 1.54) is 12.8 Å². The number of amides is 1. The first kappa shape index (κ1) is 16.2. The molecule has 2 heterocycles. The maximum atomic E-state index is 12.8. The summed E-state index contributed by atoms with van der Waals surface area (Å²) >= 11 is 0. The van der Waals surface area contributed by atoms with Gasteiger partial charge in [0.1, 0.15) is 0 Å². The summed E-state index contributed by atoms with van der Waals surface area (Å²) in [6.07, 6.45) is 5.93. The van der Waals surface area contributed by atoms with Crippen molar-refractivity contribution in [2.45, 2.75) is 64.1 Å². The van der Waals surface area contributed by atoms with Crippen LogP contribution >= 0.6 is 0 Å². The van der Waals surface area contributed by atoms with Gasteiger partial charge in [0.2, 0.25) is 5.91 Å². The molecule has 0 radical (unpaired) electrons. The number of piperidine rings is 1. The van der Waals surface area contributed by atoms with Gasteiger partial charge in [-0.1, -0.05) is 26.7 Å². The predicted molar refractivity (Wildman–Crippen MR) is 86.5 cm³/mol. The smallest absolute Gasteiger partial charge is 0.237 e. The Morgan fingerprint density at radius 3 is 2.77 bits per heavy atom. The molecule has 0 aromatic carbocycles. The molecule has 3 unspecified atom stereocenters. The number of morpholine rings is 1. The monoisotopic (exact) mass is 309 g/mol. The van der Waals surface area contributed by atoms with Gasteiger partial charge in [0.05, 0.1) is 25.3 Å². The Balaban J connectivity index is 1.59. The predicted octanol–water partition coefficient (Wildman–Crippen LogP) is 1.22. The van der Waals surface area contributed by atoms with Crippen LogP contribution in [0.1, 0.15) is 46.0 Å². The van der Waals surface area contributed by atoms with Crippen molar-refractivity contribution < 1.29 is 9.53 Å². The number of nitrogens with zero attached hydrogens (tertiary/aromatic N) is 2. The van der Waals surface area contributed by atoms with E-state index in [1.807, 2.05) is 0 Å². The number of carbonyl (C=O) groups is 1. The number of hydrogen-bond donors (Lipinski definition) is 1. The Morgan fingerprint density at radius 1 is 1.23 bits per heavy atom. The topological polar surface area (TPSA) is 58.8 Å². The highest BCUT2D eigenvalue weighted by molar-refractivity contribution is 5.78. The fourth-order valence-electron chi connectivity index (χ4n) is 4.31. The molecule has 0 aromatic rings. The van der Waals surface area contributed by atoms with Gasteiger partial charge in [0, 0.05) is 25.7 Å². The number of carbonyl (C=O) groups excluding carboxylic acids is 1. The van der Waals surface area contributed by atoms with Crippen molar-refractivity contribution in [3.8, 4) is 0 Å². The molecule has 3 rings (SSSR count). The van der Waals surface area contributed by atoms with Crippen molar-refractivity contribution in [2.75, 3.05) is 32.8 Å². The molecule has 22 heavy (non-hydrogen) atoms. The Bertz CT molecular complexity index is 411. The largest absolute Gasteiger partial charge is 0.374 e. The van der Waals surface area contributed by atoms with Crippen LogP contribution in [-0.2, 0) is 9.53 Å². The van der Waals surface area contributed by atoms with Gasteiger partial charge in [0.25, 0.3) is 0 Å². The zero-order chi connectivity index (χ0) is 15.7. The summed E-state index contributed by atoms with van der Waals surface area (Å²) in [7, 11) is 0. The Morgan fingerprint density at radius 2 is 2.00 bits per heavy atom. The van der Waals surface area contributed by atoms with Crippen LogP contribution in [0.15, 0.2) is 0 Å². The van der Waals surface area contributed by atoms with Crippen molar-refractivity contribution in [1.29, 1.82) is 0 Å². The first-order valence-electron chi connectivity index (χ1n) is 8.86. The van der Waals surface area contributed by atoms with Gasteiger partial charge in [0.15, 0.2) is 0 Å². The highest BCUT2D eigenvalue weighted by atomic mass is 16.5. The maximum Gasteiger partial charge on any atom is 0.237 e. The average molecular weight is 309 g/mol. The second kappa shape index (κ2) is 6.46. The van der Waals surface area contributed by atoms with E-state index >= 15 is 0 Å². The van der Waals surface area contributed by atoms with E-state index in [1.54, 1.807) is 0 Å². The summed E-state index contributed by atoms with van der Waals surface area (Å²) in [5.41, 5.74) is 6.29. The molecule has 1 saturated carbocycles. The molecule has 5 heteroatoms. The van der Waals surface area contributed by atoms with Gasteiger partial charge in [-0.05, 0) is 24.7 Å². The number of nitrogens with two attached hydrogens (primary N) is 1. The quantitative estimate of drug-likeness (QED) is 0.833. The minimum absolute atomic E-state index is 0.0942. The Labute approximate surface area is 134 Å². The lowest BCUT2D eigenvalue weighted by atomic mass is 9.80. The summed E-state index contributed by atoms with van der Waals surface area (Å²) in [6, 6.07) is 0.556. The minimum Gasteiger partial charge on any atom is -0.374 e. The van der Waals surface area contributed by atoms with Gasteiger partial charge in [-0.25, -0.2) is 0 Å². The molecule has 126 valence electrons. The van der Waals surface area contributed by atoms with Crippen molar-refractivity contribution in [3.05, 3.63) is 0 Å². The van der Waals surface area contributed by atoms with Gasteiger partial charge >= 0.3 is 0 Å². The highest BCUT2D eigenvalue weighted by Crippen LogP contribution is 2.30. The van der Waals surface area contributed by atoms with Gasteiger partial charge in [-0.15, -0.1) is 0 Å². The van der Waals surface area contributed by atoms with Crippen LogP contribution in [0.25, 0.3) is 0 Å². The van der Waals surface area contributed by atoms with E-state index in [9.17, 15) is 4.79 Å². The number of likely N-dealkylation sites (tertiary alicyclic amines) is 1. The normalized spacial score (nSPS) is 36.0. The minimum atomic E-state index is 0.0942. The van der Waals surface area contributed by atoms with E-state index in [0.29, 0.717) is 19.2 Å². The fourth-order valence-corrected chi connectivity index (χ4v) is 4.31. The summed E-state index contributed by atoms with van der Waals surface area (Å²) in [6.45, 7) is 8.27. The molecule has 3 atom stereocenters. The molecule has 0 spiro atoms. The van der Waals surface area contributed by atoms with Crippen LogP contribution in [0.2, 0.25) is 0 Å². The summed E-state index contributed by atoms with van der Waals surface area (Å²) in [4.78, 5) is 17.2. The van der Waals surface area contributed by atoms with Gasteiger partial charge < -0.3 is 15.4 Å². The highest BCUT2D eigenvalue weighted by Gasteiger charge is 2.38. The van der Waals surface area contributed by atoms with Crippen molar-refractivity contribution in [2.24, 2.45) is 11.1 Å². The molecule has 0 bridgehead atoms.